The van der Waals surface area contributed by atoms with Gasteiger partial charge in [-0.2, -0.15) is 0 Å². The lowest BCUT2D eigenvalue weighted by atomic mass is 10.0. The molecule has 0 unspecified atom stereocenters. The van der Waals surface area contributed by atoms with Crippen molar-refractivity contribution in [1.29, 1.82) is 0 Å². The van der Waals surface area contributed by atoms with Gasteiger partial charge in [-0.15, -0.1) is 0 Å². The molecule has 2 rings (SSSR count). The highest BCUT2D eigenvalue weighted by Gasteiger charge is 2.09. The zero-order chi connectivity index (χ0) is 13.1. The summed E-state index contributed by atoms with van der Waals surface area (Å²) < 4.78 is 0. The van der Waals surface area contributed by atoms with Crippen molar-refractivity contribution in [3.8, 4) is 11.1 Å². The molecular formula is C14H12Cl3N. The summed E-state index contributed by atoms with van der Waals surface area (Å²) in [6, 6.07) is 11.3. The van der Waals surface area contributed by atoms with Crippen LogP contribution in [0.4, 0.5) is 0 Å². The van der Waals surface area contributed by atoms with Crippen LogP contribution in [0.1, 0.15) is 5.56 Å². The minimum absolute atomic E-state index is 0.641. The first-order chi connectivity index (χ1) is 8.61. The fourth-order valence-corrected chi connectivity index (χ4v) is 2.49. The Hall–Kier alpha value is -0.730. The first-order valence-electron chi connectivity index (χ1n) is 5.50. The summed E-state index contributed by atoms with van der Waals surface area (Å²) in [5, 5.41) is 5.04. The third kappa shape index (κ3) is 2.99. The summed E-state index contributed by atoms with van der Waals surface area (Å²) in [7, 11) is 1.90. The van der Waals surface area contributed by atoms with Crippen LogP contribution in [0, 0.1) is 0 Å². The van der Waals surface area contributed by atoms with Crippen molar-refractivity contribution < 1.29 is 0 Å². The molecule has 0 saturated carbocycles. The highest BCUT2D eigenvalue weighted by molar-refractivity contribution is 6.37. The summed E-state index contributed by atoms with van der Waals surface area (Å²) >= 11 is 18.5. The van der Waals surface area contributed by atoms with Gasteiger partial charge in [-0.3, -0.25) is 0 Å². The van der Waals surface area contributed by atoms with Gasteiger partial charge in [0, 0.05) is 32.7 Å². The van der Waals surface area contributed by atoms with Gasteiger partial charge in [-0.05, 0) is 36.9 Å². The summed E-state index contributed by atoms with van der Waals surface area (Å²) in [6.07, 6.45) is 0. The van der Waals surface area contributed by atoms with Gasteiger partial charge < -0.3 is 5.32 Å². The Bertz CT molecular complexity index is 567. The fourth-order valence-electron chi connectivity index (χ4n) is 1.80. The number of rotatable bonds is 3. The third-order valence-corrected chi connectivity index (χ3v) is 3.51. The van der Waals surface area contributed by atoms with Crippen LogP contribution in [0.5, 0.6) is 0 Å². The van der Waals surface area contributed by atoms with Crippen molar-refractivity contribution in [2.45, 2.75) is 6.54 Å². The van der Waals surface area contributed by atoms with Crippen LogP contribution in [0.15, 0.2) is 36.4 Å². The number of hydrogen-bond acceptors (Lipinski definition) is 1. The van der Waals surface area contributed by atoms with Gasteiger partial charge in [0.2, 0.25) is 0 Å². The Morgan fingerprint density at radius 1 is 0.889 bits per heavy atom. The van der Waals surface area contributed by atoms with Gasteiger partial charge in [0.25, 0.3) is 0 Å². The average molecular weight is 301 g/mol. The van der Waals surface area contributed by atoms with Crippen LogP contribution in [-0.4, -0.2) is 7.05 Å². The van der Waals surface area contributed by atoms with E-state index in [1.165, 1.54) is 0 Å². The molecular weight excluding hydrogens is 289 g/mol. The van der Waals surface area contributed by atoms with Gasteiger partial charge in [-0.25, -0.2) is 0 Å². The Morgan fingerprint density at radius 3 is 2.33 bits per heavy atom. The maximum Gasteiger partial charge on any atom is 0.0488 e. The molecule has 1 N–H and O–H groups in total. The molecule has 0 fully saturated rings. The molecule has 0 heterocycles. The van der Waals surface area contributed by atoms with E-state index in [4.69, 9.17) is 34.8 Å². The highest BCUT2D eigenvalue weighted by atomic mass is 35.5. The molecule has 1 nitrogen and oxygen atoms in total. The van der Waals surface area contributed by atoms with E-state index < -0.39 is 0 Å². The van der Waals surface area contributed by atoms with Crippen LogP contribution in [0.2, 0.25) is 15.1 Å². The Balaban J connectivity index is 2.47. The molecule has 0 radical (unpaired) electrons. The monoisotopic (exact) mass is 299 g/mol. The molecule has 0 bridgehead atoms. The molecule has 4 heteroatoms. The predicted molar refractivity (Wildman–Crippen MR) is 79.7 cm³/mol. The van der Waals surface area contributed by atoms with Crippen molar-refractivity contribution in [1.82, 2.24) is 5.32 Å². The van der Waals surface area contributed by atoms with Gasteiger partial charge >= 0.3 is 0 Å². The molecule has 2 aromatic rings. The zero-order valence-electron chi connectivity index (χ0n) is 9.81. The van der Waals surface area contributed by atoms with Crippen LogP contribution in [-0.2, 0) is 6.54 Å². The zero-order valence-corrected chi connectivity index (χ0v) is 12.1. The van der Waals surface area contributed by atoms with E-state index in [9.17, 15) is 0 Å². The lowest BCUT2D eigenvalue weighted by molar-refractivity contribution is 0.818. The molecule has 0 aliphatic heterocycles. The first-order valence-corrected chi connectivity index (χ1v) is 6.63. The van der Waals surface area contributed by atoms with Crippen LogP contribution in [0.25, 0.3) is 11.1 Å². The Labute approximate surface area is 122 Å². The van der Waals surface area contributed by atoms with Gasteiger partial charge in [0.15, 0.2) is 0 Å². The number of halogens is 3. The van der Waals surface area contributed by atoms with E-state index in [-0.39, 0.29) is 0 Å². The summed E-state index contributed by atoms with van der Waals surface area (Å²) in [4.78, 5) is 0. The molecule has 0 atom stereocenters. The maximum absolute atomic E-state index is 6.29. The molecule has 0 aliphatic carbocycles. The molecule has 2 aromatic carbocycles. The topological polar surface area (TPSA) is 12.0 Å². The molecule has 0 aliphatic rings. The number of nitrogens with one attached hydrogen (secondary N) is 1. The lowest BCUT2D eigenvalue weighted by Gasteiger charge is -2.09. The highest BCUT2D eigenvalue weighted by Crippen LogP contribution is 2.35. The van der Waals surface area contributed by atoms with Crippen LogP contribution >= 0.6 is 34.8 Å². The van der Waals surface area contributed by atoms with E-state index in [1.807, 2.05) is 31.3 Å². The number of hydrogen-bond donors (Lipinski definition) is 1. The quantitative estimate of drug-likeness (QED) is 0.838. The molecule has 94 valence electrons. The lowest BCUT2D eigenvalue weighted by Crippen LogP contribution is -2.04. The second kappa shape index (κ2) is 5.94. The van der Waals surface area contributed by atoms with E-state index in [0.717, 1.165) is 23.2 Å². The number of benzene rings is 2. The van der Waals surface area contributed by atoms with E-state index in [0.29, 0.717) is 15.1 Å². The third-order valence-electron chi connectivity index (χ3n) is 2.63. The van der Waals surface area contributed by atoms with E-state index >= 15 is 0 Å². The smallest absolute Gasteiger partial charge is 0.0488 e. The van der Waals surface area contributed by atoms with Crippen LogP contribution in [0.3, 0.4) is 0 Å². The predicted octanol–water partition coefficient (Wildman–Crippen LogP) is 5.03. The van der Waals surface area contributed by atoms with Crippen molar-refractivity contribution >= 4 is 34.8 Å². The van der Waals surface area contributed by atoms with Gasteiger partial charge in [0.1, 0.15) is 0 Å². The average Bonchev–Trinajstić information content (AvgIpc) is 2.33. The minimum atomic E-state index is 0.641. The van der Waals surface area contributed by atoms with Crippen molar-refractivity contribution in [2.24, 2.45) is 0 Å². The second-order valence-corrected chi connectivity index (χ2v) is 5.22. The first kappa shape index (κ1) is 13.7. The van der Waals surface area contributed by atoms with E-state index in [1.54, 1.807) is 12.1 Å². The second-order valence-electron chi connectivity index (χ2n) is 3.97. The molecule has 0 amide bonds. The van der Waals surface area contributed by atoms with E-state index in [2.05, 4.69) is 5.32 Å². The normalized spacial score (nSPS) is 10.7. The van der Waals surface area contributed by atoms with Crippen molar-refractivity contribution in [2.75, 3.05) is 7.05 Å². The Morgan fingerprint density at radius 2 is 1.67 bits per heavy atom. The molecule has 0 aromatic heterocycles. The summed E-state index contributed by atoms with van der Waals surface area (Å²) in [6.45, 7) is 0.781. The fraction of sp³-hybridized carbons (Fsp3) is 0.143. The SMILES string of the molecule is CNCc1ccc(-c2cc(Cl)ccc2Cl)c(Cl)c1. The largest absolute Gasteiger partial charge is 0.316 e. The summed E-state index contributed by atoms with van der Waals surface area (Å²) in [5.41, 5.74) is 2.87. The Kier molecular flexibility index (Phi) is 4.52. The van der Waals surface area contributed by atoms with Crippen molar-refractivity contribution in [3.63, 3.8) is 0 Å². The molecule has 18 heavy (non-hydrogen) atoms. The molecule has 0 spiro atoms. The maximum atomic E-state index is 6.29. The van der Waals surface area contributed by atoms with Gasteiger partial charge in [-0.1, -0.05) is 46.9 Å². The van der Waals surface area contributed by atoms with Gasteiger partial charge in [0.05, 0.1) is 0 Å². The molecule has 0 saturated heterocycles. The standard InChI is InChI=1S/C14H12Cl3N/c1-18-8-9-2-4-11(14(17)6-9)12-7-10(15)3-5-13(12)16/h2-7,18H,8H2,1H3. The summed E-state index contributed by atoms with van der Waals surface area (Å²) in [5.74, 6) is 0. The minimum Gasteiger partial charge on any atom is -0.316 e. The van der Waals surface area contributed by atoms with Crippen molar-refractivity contribution in [3.05, 3.63) is 57.0 Å². The van der Waals surface area contributed by atoms with Crippen LogP contribution < -0.4 is 5.32 Å².